The van der Waals surface area contributed by atoms with Gasteiger partial charge in [-0.05, 0) is 25.7 Å². The van der Waals surface area contributed by atoms with Gasteiger partial charge in [-0.1, -0.05) is 25.7 Å². The van der Waals surface area contributed by atoms with Crippen molar-refractivity contribution < 1.29 is 10.2 Å². The Morgan fingerprint density at radius 2 is 1.80 bits per heavy atom. The topological polar surface area (TPSA) is 52.5 Å². The molecule has 3 nitrogen and oxygen atoms in total. The summed E-state index contributed by atoms with van der Waals surface area (Å²) in [4.78, 5) is 0. The molecule has 15 heavy (non-hydrogen) atoms. The molecule has 0 aromatic carbocycles. The van der Waals surface area contributed by atoms with Crippen LogP contribution in [0.2, 0.25) is 0 Å². The van der Waals surface area contributed by atoms with Crippen LogP contribution in [0.4, 0.5) is 0 Å². The molecule has 0 aliphatic heterocycles. The Morgan fingerprint density at radius 1 is 1.20 bits per heavy atom. The molecule has 1 rings (SSSR count). The van der Waals surface area contributed by atoms with Crippen LogP contribution in [0.5, 0.6) is 0 Å². The Kier molecular flexibility index (Phi) is 6.22. The number of hydrogen-bond donors (Lipinski definition) is 3. The van der Waals surface area contributed by atoms with Gasteiger partial charge in [0.25, 0.3) is 0 Å². The maximum Gasteiger partial charge on any atom is 0.0607 e. The maximum atomic E-state index is 8.93. The van der Waals surface area contributed by atoms with E-state index >= 15 is 0 Å². The molecule has 90 valence electrons. The van der Waals surface area contributed by atoms with Crippen molar-refractivity contribution >= 4 is 0 Å². The summed E-state index contributed by atoms with van der Waals surface area (Å²) in [5.74, 6) is 0.927. The smallest absolute Gasteiger partial charge is 0.0607 e. The summed E-state index contributed by atoms with van der Waals surface area (Å²) in [6.45, 7) is 2.17. The van der Waals surface area contributed by atoms with Gasteiger partial charge in [-0.25, -0.2) is 0 Å². The summed E-state index contributed by atoms with van der Waals surface area (Å²) >= 11 is 0. The van der Waals surface area contributed by atoms with Crippen molar-refractivity contribution in [3.05, 3.63) is 0 Å². The van der Waals surface area contributed by atoms with Crippen LogP contribution in [-0.4, -0.2) is 35.5 Å². The fourth-order valence-electron chi connectivity index (χ4n) is 2.43. The van der Waals surface area contributed by atoms with E-state index in [-0.39, 0.29) is 19.3 Å². The molecule has 1 saturated carbocycles. The fourth-order valence-corrected chi connectivity index (χ4v) is 2.43. The van der Waals surface area contributed by atoms with E-state index in [1.807, 2.05) is 0 Å². The monoisotopic (exact) mass is 215 g/mol. The molecule has 0 aromatic rings. The van der Waals surface area contributed by atoms with Crippen LogP contribution >= 0.6 is 0 Å². The highest BCUT2D eigenvalue weighted by molar-refractivity contribution is 4.73. The average Bonchev–Trinajstić information content (AvgIpc) is 2.75. The Labute approximate surface area is 92.9 Å². The molecule has 3 heteroatoms. The predicted octanol–water partition coefficient (Wildman–Crippen LogP) is 1.29. The van der Waals surface area contributed by atoms with Gasteiger partial charge in [0, 0.05) is 6.04 Å². The normalized spacial score (nSPS) is 20.0. The van der Waals surface area contributed by atoms with Crippen LogP contribution in [-0.2, 0) is 0 Å². The Bertz CT molecular complexity index is 154. The van der Waals surface area contributed by atoms with Crippen LogP contribution in [0, 0.1) is 5.92 Å². The van der Waals surface area contributed by atoms with E-state index in [9.17, 15) is 0 Å². The van der Waals surface area contributed by atoms with Gasteiger partial charge in [0.1, 0.15) is 0 Å². The van der Waals surface area contributed by atoms with Crippen molar-refractivity contribution in [2.24, 2.45) is 5.92 Å². The molecule has 1 aliphatic rings. The van der Waals surface area contributed by atoms with E-state index in [4.69, 9.17) is 10.2 Å². The molecule has 0 spiro atoms. The quantitative estimate of drug-likeness (QED) is 0.600. The summed E-state index contributed by atoms with van der Waals surface area (Å²) in [6, 6.07) is 0.249. The van der Waals surface area contributed by atoms with Gasteiger partial charge in [0.15, 0.2) is 0 Å². The van der Waals surface area contributed by atoms with Crippen molar-refractivity contribution in [1.29, 1.82) is 0 Å². The van der Waals surface area contributed by atoms with Gasteiger partial charge in [0.05, 0.1) is 19.3 Å². The first-order valence-electron chi connectivity index (χ1n) is 6.24. The first-order valence-corrected chi connectivity index (χ1v) is 6.24. The number of hydrogen-bond acceptors (Lipinski definition) is 3. The van der Waals surface area contributed by atoms with E-state index < -0.39 is 0 Å². The van der Waals surface area contributed by atoms with Crippen molar-refractivity contribution in [3.63, 3.8) is 0 Å². The van der Waals surface area contributed by atoms with Crippen molar-refractivity contribution in [3.8, 4) is 0 Å². The summed E-state index contributed by atoms with van der Waals surface area (Å²) in [5, 5.41) is 21.1. The van der Waals surface area contributed by atoms with E-state index in [1.54, 1.807) is 0 Å². The van der Waals surface area contributed by atoms with E-state index in [2.05, 4.69) is 12.2 Å². The average molecular weight is 215 g/mol. The summed E-state index contributed by atoms with van der Waals surface area (Å²) in [6.07, 6.45) is 8.05. The predicted molar refractivity (Wildman–Crippen MR) is 61.7 cm³/mol. The number of nitrogens with one attached hydrogen (secondary N) is 1. The van der Waals surface area contributed by atoms with Crippen LogP contribution in [0.3, 0.4) is 0 Å². The standard InChI is InChI=1S/C12H25NO2/c1-10(13-12(8-14)9-15)6-7-11-4-2-3-5-11/h10-15H,2-9H2,1H3. The molecular formula is C12H25NO2. The minimum absolute atomic E-state index is 0.0181. The zero-order valence-electron chi connectivity index (χ0n) is 9.78. The second-order valence-electron chi connectivity index (χ2n) is 4.86. The summed E-state index contributed by atoms with van der Waals surface area (Å²) < 4.78 is 0. The third kappa shape index (κ3) is 4.96. The minimum Gasteiger partial charge on any atom is -0.395 e. The van der Waals surface area contributed by atoms with Crippen LogP contribution in [0.25, 0.3) is 0 Å². The lowest BCUT2D eigenvalue weighted by molar-refractivity contribution is 0.161. The van der Waals surface area contributed by atoms with Crippen molar-refractivity contribution in [2.75, 3.05) is 13.2 Å². The first-order chi connectivity index (χ1) is 7.26. The zero-order valence-corrected chi connectivity index (χ0v) is 9.78. The van der Waals surface area contributed by atoms with Crippen LogP contribution < -0.4 is 5.32 Å². The van der Waals surface area contributed by atoms with Gasteiger partial charge >= 0.3 is 0 Å². The zero-order chi connectivity index (χ0) is 11.1. The molecule has 0 amide bonds. The van der Waals surface area contributed by atoms with Gasteiger partial charge in [-0.15, -0.1) is 0 Å². The fraction of sp³-hybridized carbons (Fsp3) is 1.00. The second-order valence-corrected chi connectivity index (χ2v) is 4.86. The highest BCUT2D eigenvalue weighted by Gasteiger charge is 2.16. The lowest BCUT2D eigenvalue weighted by atomic mass is 9.99. The molecule has 0 heterocycles. The van der Waals surface area contributed by atoms with Gasteiger partial charge in [0.2, 0.25) is 0 Å². The molecule has 0 aromatic heterocycles. The van der Waals surface area contributed by atoms with Crippen LogP contribution in [0.1, 0.15) is 45.4 Å². The Hall–Kier alpha value is -0.120. The highest BCUT2D eigenvalue weighted by Crippen LogP contribution is 2.28. The van der Waals surface area contributed by atoms with Crippen LogP contribution in [0.15, 0.2) is 0 Å². The number of aliphatic hydroxyl groups is 2. The van der Waals surface area contributed by atoms with Crippen molar-refractivity contribution in [1.82, 2.24) is 5.32 Å². The third-order valence-electron chi connectivity index (χ3n) is 3.44. The lowest BCUT2D eigenvalue weighted by Gasteiger charge is -2.21. The van der Waals surface area contributed by atoms with E-state index in [0.717, 1.165) is 12.3 Å². The molecule has 0 radical (unpaired) electrons. The molecule has 0 bridgehead atoms. The van der Waals surface area contributed by atoms with Gasteiger partial charge in [-0.3, -0.25) is 0 Å². The number of aliphatic hydroxyl groups excluding tert-OH is 2. The Balaban J connectivity index is 2.08. The largest absolute Gasteiger partial charge is 0.395 e. The SMILES string of the molecule is CC(CCC1CCCC1)NC(CO)CO. The molecule has 0 saturated heterocycles. The van der Waals surface area contributed by atoms with E-state index in [1.165, 1.54) is 32.1 Å². The lowest BCUT2D eigenvalue weighted by Crippen LogP contribution is -2.41. The highest BCUT2D eigenvalue weighted by atomic mass is 16.3. The maximum absolute atomic E-state index is 8.93. The van der Waals surface area contributed by atoms with E-state index in [0.29, 0.717) is 6.04 Å². The molecular weight excluding hydrogens is 190 g/mol. The molecule has 1 aliphatic carbocycles. The Morgan fingerprint density at radius 3 is 2.33 bits per heavy atom. The molecule has 1 fully saturated rings. The second kappa shape index (κ2) is 7.20. The first kappa shape index (κ1) is 12.9. The van der Waals surface area contributed by atoms with Gasteiger partial charge in [-0.2, -0.15) is 0 Å². The minimum atomic E-state index is -0.149. The van der Waals surface area contributed by atoms with Gasteiger partial charge < -0.3 is 15.5 Å². The van der Waals surface area contributed by atoms with Crippen molar-refractivity contribution in [2.45, 2.75) is 57.5 Å². The molecule has 1 atom stereocenters. The number of rotatable bonds is 7. The molecule has 3 N–H and O–H groups in total. The third-order valence-corrected chi connectivity index (χ3v) is 3.44. The summed E-state index contributed by atoms with van der Waals surface area (Å²) in [7, 11) is 0. The summed E-state index contributed by atoms with van der Waals surface area (Å²) in [5.41, 5.74) is 0. The molecule has 1 unspecified atom stereocenters.